The van der Waals surface area contributed by atoms with Gasteiger partial charge in [-0.3, -0.25) is 0 Å². The van der Waals surface area contributed by atoms with Crippen molar-refractivity contribution in [1.29, 1.82) is 0 Å². The van der Waals surface area contributed by atoms with Crippen LogP contribution in [0, 0.1) is 13.8 Å². The molecule has 0 amide bonds. The van der Waals surface area contributed by atoms with Crippen LogP contribution in [0.3, 0.4) is 0 Å². The molecule has 0 fully saturated rings. The molecule has 0 bridgehead atoms. The van der Waals surface area contributed by atoms with Crippen molar-refractivity contribution in [2.24, 2.45) is 5.73 Å². The maximum Gasteiger partial charge on any atom is 0.0344 e. The molecule has 2 heteroatoms. The van der Waals surface area contributed by atoms with E-state index in [1.807, 2.05) is 0 Å². The Morgan fingerprint density at radius 1 is 1.25 bits per heavy atom. The minimum Gasteiger partial charge on any atom is -0.324 e. The zero-order chi connectivity index (χ0) is 11.5. The molecule has 1 aromatic carbocycles. The highest BCUT2D eigenvalue weighted by molar-refractivity contribution is 7.10. The fraction of sp³-hybridized carbons (Fsp3) is 0.286. The first-order valence-corrected chi connectivity index (χ1v) is 6.40. The Hall–Kier alpha value is -1.12. The molecule has 1 unspecified atom stereocenters. The normalized spacial score (nSPS) is 12.7. The number of nitrogens with two attached hydrogens (primary N) is 1. The van der Waals surface area contributed by atoms with E-state index in [0.717, 1.165) is 6.42 Å². The predicted molar refractivity (Wildman–Crippen MR) is 70.9 cm³/mol. The monoisotopic (exact) mass is 231 g/mol. The molecule has 16 heavy (non-hydrogen) atoms. The zero-order valence-electron chi connectivity index (χ0n) is 9.73. The van der Waals surface area contributed by atoms with Crippen molar-refractivity contribution in [1.82, 2.24) is 0 Å². The third-order valence-corrected chi connectivity index (χ3v) is 3.76. The molecule has 0 aliphatic rings. The van der Waals surface area contributed by atoms with Crippen LogP contribution in [0.1, 0.15) is 27.6 Å². The van der Waals surface area contributed by atoms with Crippen LogP contribution in [0.15, 0.2) is 35.7 Å². The van der Waals surface area contributed by atoms with Gasteiger partial charge in [-0.05, 0) is 48.4 Å². The lowest BCUT2D eigenvalue weighted by Crippen LogP contribution is -2.13. The molecule has 0 radical (unpaired) electrons. The third kappa shape index (κ3) is 2.52. The van der Waals surface area contributed by atoms with Crippen molar-refractivity contribution in [3.05, 3.63) is 57.3 Å². The number of thiophene rings is 1. The van der Waals surface area contributed by atoms with E-state index in [2.05, 4.69) is 49.6 Å². The van der Waals surface area contributed by atoms with Gasteiger partial charge in [0.05, 0.1) is 0 Å². The summed E-state index contributed by atoms with van der Waals surface area (Å²) in [5.74, 6) is 0. The van der Waals surface area contributed by atoms with Gasteiger partial charge in [-0.15, -0.1) is 11.3 Å². The number of benzene rings is 1. The largest absolute Gasteiger partial charge is 0.324 e. The minimum absolute atomic E-state index is 0.117. The maximum atomic E-state index is 6.22. The smallest absolute Gasteiger partial charge is 0.0344 e. The van der Waals surface area contributed by atoms with Crippen LogP contribution in [0.2, 0.25) is 0 Å². The van der Waals surface area contributed by atoms with Crippen molar-refractivity contribution < 1.29 is 0 Å². The van der Waals surface area contributed by atoms with Gasteiger partial charge in [0.1, 0.15) is 0 Å². The lowest BCUT2D eigenvalue weighted by atomic mass is 9.98. The van der Waals surface area contributed by atoms with E-state index in [4.69, 9.17) is 5.73 Å². The maximum absolute atomic E-state index is 6.22. The van der Waals surface area contributed by atoms with Crippen LogP contribution in [-0.4, -0.2) is 0 Å². The minimum atomic E-state index is 0.117. The summed E-state index contributed by atoms with van der Waals surface area (Å²) in [5.41, 5.74) is 10.1. The second kappa shape index (κ2) is 4.81. The summed E-state index contributed by atoms with van der Waals surface area (Å²) in [6.07, 6.45) is 0.919. The topological polar surface area (TPSA) is 26.0 Å². The summed E-state index contributed by atoms with van der Waals surface area (Å²) in [6.45, 7) is 4.26. The van der Waals surface area contributed by atoms with Gasteiger partial charge in [-0.1, -0.05) is 24.3 Å². The number of rotatable bonds is 3. The number of hydrogen-bond donors (Lipinski definition) is 1. The molecule has 2 rings (SSSR count). The molecule has 0 saturated carbocycles. The first-order chi connectivity index (χ1) is 7.66. The van der Waals surface area contributed by atoms with Crippen LogP contribution in [0.4, 0.5) is 0 Å². The molecule has 1 nitrogen and oxygen atoms in total. The van der Waals surface area contributed by atoms with E-state index in [1.54, 1.807) is 11.3 Å². The van der Waals surface area contributed by atoms with Gasteiger partial charge in [-0.2, -0.15) is 0 Å². The fourth-order valence-corrected chi connectivity index (χ4v) is 2.62. The molecule has 0 aliphatic heterocycles. The molecular weight excluding hydrogens is 214 g/mol. The molecule has 1 heterocycles. The van der Waals surface area contributed by atoms with Crippen molar-refractivity contribution >= 4 is 11.3 Å². The summed E-state index contributed by atoms with van der Waals surface area (Å²) in [6, 6.07) is 10.8. The van der Waals surface area contributed by atoms with E-state index in [1.165, 1.54) is 21.6 Å². The average molecular weight is 231 g/mol. The molecule has 1 atom stereocenters. The molecule has 84 valence electrons. The Kier molecular flexibility index (Phi) is 3.42. The summed E-state index contributed by atoms with van der Waals surface area (Å²) < 4.78 is 0. The van der Waals surface area contributed by atoms with Gasteiger partial charge in [0.15, 0.2) is 0 Å². The highest BCUT2D eigenvalue weighted by Crippen LogP contribution is 2.22. The Bertz CT molecular complexity index is 473. The Balaban J connectivity index is 2.13. The highest BCUT2D eigenvalue weighted by atomic mass is 32.1. The molecular formula is C14H17NS. The Morgan fingerprint density at radius 3 is 2.62 bits per heavy atom. The average Bonchev–Trinajstić information content (AvgIpc) is 2.68. The van der Waals surface area contributed by atoms with Gasteiger partial charge in [0.25, 0.3) is 0 Å². The molecule has 0 aliphatic carbocycles. The van der Waals surface area contributed by atoms with E-state index in [0.29, 0.717) is 0 Å². The second-order valence-electron chi connectivity index (χ2n) is 4.23. The van der Waals surface area contributed by atoms with Gasteiger partial charge >= 0.3 is 0 Å². The first-order valence-electron chi connectivity index (χ1n) is 5.52. The van der Waals surface area contributed by atoms with Gasteiger partial charge < -0.3 is 5.73 Å². The lowest BCUT2D eigenvalue weighted by molar-refractivity contribution is 0.721. The van der Waals surface area contributed by atoms with E-state index < -0.39 is 0 Å². The van der Waals surface area contributed by atoms with Gasteiger partial charge in [-0.25, -0.2) is 0 Å². The first kappa shape index (κ1) is 11.4. The summed E-state index contributed by atoms with van der Waals surface area (Å²) >= 11 is 1.77. The zero-order valence-corrected chi connectivity index (χ0v) is 10.6. The van der Waals surface area contributed by atoms with Gasteiger partial charge in [0.2, 0.25) is 0 Å². The van der Waals surface area contributed by atoms with Crippen LogP contribution in [0.5, 0.6) is 0 Å². The second-order valence-corrected chi connectivity index (χ2v) is 5.34. The van der Waals surface area contributed by atoms with E-state index in [9.17, 15) is 0 Å². The van der Waals surface area contributed by atoms with Crippen LogP contribution in [-0.2, 0) is 6.42 Å². The summed E-state index contributed by atoms with van der Waals surface area (Å²) in [4.78, 5) is 1.33. The quantitative estimate of drug-likeness (QED) is 0.858. The van der Waals surface area contributed by atoms with Crippen molar-refractivity contribution in [3.8, 4) is 0 Å². The Morgan fingerprint density at radius 2 is 2.00 bits per heavy atom. The van der Waals surface area contributed by atoms with Gasteiger partial charge in [0, 0.05) is 10.9 Å². The number of hydrogen-bond acceptors (Lipinski definition) is 2. The lowest BCUT2D eigenvalue weighted by Gasteiger charge is -2.11. The van der Waals surface area contributed by atoms with Crippen LogP contribution < -0.4 is 5.73 Å². The number of aryl methyl sites for hydroxylation is 2. The summed E-state index contributed by atoms with van der Waals surface area (Å²) in [7, 11) is 0. The molecule has 0 spiro atoms. The van der Waals surface area contributed by atoms with Crippen LogP contribution in [0.25, 0.3) is 0 Å². The standard InChI is InChI=1S/C14H17NS/c1-10-5-3-4-6-12(10)8-14(15)13-7-11(2)16-9-13/h3-7,9,14H,8,15H2,1-2H3. The molecule has 2 N–H and O–H groups in total. The van der Waals surface area contributed by atoms with Crippen molar-refractivity contribution in [2.45, 2.75) is 26.3 Å². The van der Waals surface area contributed by atoms with Crippen LogP contribution >= 0.6 is 11.3 Å². The van der Waals surface area contributed by atoms with Crippen molar-refractivity contribution in [3.63, 3.8) is 0 Å². The molecule has 0 saturated heterocycles. The van der Waals surface area contributed by atoms with Crippen molar-refractivity contribution in [2.75, 3.05) is 0 Å². The Labute approximate surface area is 101 Å². The molecule has 1 aromatic heterocycles. The fourth-order valence-electron chi connectivity index (χ4n) is 1.85. The summed E-state index contributed by atoms with van der Waals surface area (Å²) in [5, 5.41) is 2.16. The van der Waals surface area contributed by atoms with E-state index >= 15 is 0 Å². The third-order valence-electron chi connectivity index (χ3n) is 2.88. The SMILES string of the molecule is Cc1cc(C(N)Cc2ccccc2C)cs1. The van der Waals surface area contributed by atoms with E-state index in [-0.39, 0.29) is 6.04 Å². The molecule has 2 aromatic rings. The highest BCUT2D eigenvalue weighted by Gasteiger charge is 2.09. The predicted octanol–water partition coefficient (Wildman–Crippen LogP) is 3.61.